The van der Waals surface area contributed by atoms with Crippen LogP contribution in [-0.2, 0) is 0 Å². The van der Waals surface area contributed by atoms with Gasteiger partial charge in [0.1, 0.15) is 5.82 Å². The van der Waals surface area contributed by atoms with Gasteiger partial charge in [-0.3, -0.25) is 0 Å². The molecular weight excluding hydrogens is 320 g/mol. The molecule has 1 heterocycles. The van der Waals surface area contributed by atoms with E-state index in [1.165, 1.54) is 11.8 Å². The van der Waals surface area contributed by atoms with Crippen molar-refractivity contribution in [3.05, 3.63) is 42.1 Å². The first-order valence-corrected chi connectivity index (χ1v) is 8.90. The number of rotatable bonds is 8. The van der Waals surface area contributed by atoms with Crippen molar-refractivity contribution < 1.29 is 0 Å². The number of nitrogens with one attached hydrogen (secondary N) is 3. The Kier molecular flexibility index (Phi) is 6.45. The van der Waals surface area contributed by atoms with Crippen molar-refractivity contribution in [2.75, 3.05) is 37.0 Å². The number of likely N-dealkylation sites (N-methyl/N-ethyl adjacent to an activating group) is 1. The molecule has 0 spiro atoms. The van der Waals surface area contributed by atoms with Crippen LogP contribution in [0, 0.1) is 6.92 Å². The van der Waals surface area contributed by atoms with Gasteiger partial charge in [0.15, 0.2) is 5.16 Å². The molecular formula is C17H24N6S. The highest BCUT2D eigenvalue weighted by Gasteiger charge is 2.13. The lowest BCUT2D eigenvalue weighted by Crippen LogP contribution is -2.17. The summed E-state index contributed by atoms with van der Waals surface area (Å²) in [6.07, 6.45) is 1.95. The van der Waals surface area contributed by atoms with E-state index in [4.69, 9.17) is 5.73 Å². The van der Waals surface area contributed by atoms with Gasteiger partial charge in [-0.2, -0.15) is 0 Å². The average molecular weight is 344 g/mol. The zero-order valence-corrected chi connectivity index (χ0v) is 15.1. The van der Waals surface area contributed by atoms with E-state index in [1.807, 2.05) is 44.5 Å². The molecule has 0 saturated heterocycles. The first-order chi connectivity index (χ1) is 11.5. The van der Waals surface area contributed by atoms with E-state index in [-0.39, 0.29) is 0 Å². The number of benzene rings is 1. The summed E-state index contributed by atoms with van der Waals surface area (Å²) < 4.78 is 0. The van der Waals surface area contributed by atoms with Crippen molar-refractivity contribution in [1.29, 1.82) is 0 Å². The van der Waals surface area contributed by atoms with Gasteiger partial charge in [-0.15, -0.1) is 0 Å². The summed E-state index contributed by atoms with van der Waals surface area (Å²) in [7, 11) is 1.93. The molecule has 5 N–H and O–H groups in total. The van der Waals surface area contributed by atoms with Crippen LogP contribution >= 0.6 is 11.8 Å². The fraction of sp³-hybridized carbons (Fsp3) is 0.294. The van der Waals surface area contributed by atoms with Gasteiger partial charge in [0, 0.05) is 30.2 Å². The largest absolute Gasteiger partial charge is 0.399 e. The Balaban J connectivity index is 2.21. The second-order valence-electron chi connectivity index (χ2n) is 5.28. The highest BCUT2D eigenvalue weighted by atomic mass is 32.2. The van der Waals surface area contributed by atoms with Crippen LogP contribution in [0.25, 0.3) is 5.70 Å². The van der Waals surface area contributed by atoms with Gasteiger partial charge < -0.3 is 21.7 Å². The molecule has 2 rings (SSSR count). The molecule has 6 nitrogen and oxygen atoms in total. The molecule has 0 aliphatic heterocycles. The Bertz CT molecular complexity index is 699. The summed E-state index contributed by atoms with van der Waals surface area (Å²) in [6.45, 7) is 7.54. The van der Waals surface area contributed by atoms with Crippen molar-refractivity contribution in [2.45, 2.75) is 12.1 Å². The lowest BCUT2D eigenvalue weighted by atomic mass is 10.1. The maximum atomic E-state index is 5.92. The summed E-state index contributed by atoms with van der Waals surface area (Å²) in [5.74, 6) is 0.676. The normalized spacial score (nSPS) is 10.5. The van der Waals surface area contributed by atoms with E-state index in [0.717, 1.165) is 35.7 Å². The summed E-state index contributed by atoms with van der Waals surface area (Å²) in [6, 6.07) is 8.05. The molecule has 0 amide bonds. The number of anilines is 3. The average Bonchev–Trinajstić information content (AvgIpc) is 2.55. The van der Waals surface area contributed by atoms with Crippen LogP contribution in [0.15, 0.2) is 36.0 Å². The van der Waals surface area contributed by atoms with E-state index in [1.54, 1.807) is 0 Å². The van der Waals surface area contributed by atoms with Gasteiger partial charge in [0.05, 0.1) is 11.3 Å². The van der Waals surface area contributed by atoms with E-state index < -0.39 is 0 Å². The molecule has 0 bridgehead atoms. The summed E-state index contributed by atoms with van der Waals surface area (Å²) >= 11 is 1.49. The summed E-state index contributed by atoms with van der Waals surface area (Å²) in [4.78, 5) is 8.95. The minimum Gasteiger partial charge on any atom is -0.399 e. The van der Waals surface area contributed by atoms with Crippen molar-refractivity contribution in [3.63, 3.8) is 0 Å². The summed E-state index contributed by atoms with van der Waals surface area (Å²) in [5.41, 5.74) is 9.94. The molecule has 0 radical (unpaired) electrons. The van der Waals surface area contributed by atoms with Crippen molar-refractivity contribution in [1.82, 2.24) is 15.3 Å². The lowest BCUT2D eigenvalue weighted by Gasteiger charge is -2.14. The first-order valence-electron chi connectivity index (χ1n) is 7.68. The van der Waals surface area contributed by atoms with Crippen LogP contribution < -0.4 is 21.7 Å². The fourth-order valence-corrected chi connectivity index (χ4v) is 2.66. The predicted molar refractivity (Wildman–Crippen MR) is 104 cm³/mol. The van der Waals surface area contributed by atoms with Crippen molar-refractivity contribution >= 4 is 34.7 Å². The van der Waals surface area contributed by atoms with Crippen LogP contribution in [0.2, 0.25) is 0 Å². The SMILES string of the molecule is C=C(N)c1c(C)nc(SC)nc1Nc1ccc(NCCNC)cc1. The maximum Gasteiger partial charge on any atom is 0.189 e. The highest BCUT2D eigenvalue weighted by Crippen LogP contribution is 2.27. The fourth-order valence-electron chi connectivity index (χ4n) is 2.25. The Morgan fingerprint density at radius 2 is 1.83 bits per heavy atom. The maximum absolute atomic E-state index is 5.92. The second-order valence-corrected chi connectivity index (χ2v) is 6.05. The number of hydrogen-bond acceptors (Lipinski definition) is 7. The highest BCUT2D eigenvalue weighted by molar-refractivity contribution is 7.98. The quantitative estimate of drug-likeness (QED) is 0.333. The predicted octanol–water partition coefficient (Wildman–Crippen LogP) is 2.81. The van der Waals surface area contributed by atoms with Gasteiger partial charge >= 0.3 is 0 Å². The third kappa shape index (κ3) is 4.62. The van der Waals surface area contributed by atoms with Gasteiger partial charge in [-0.1, -0.05) is 18.3 Å². The van der Waals surface area contributed by atoms with Crippen molar-refractivity contribution in [3.8, 4) is 0 Å². The van der Waals surface area contributed by atoms with E-state index in [0.29, 0.717) is 16.7 Å². The van der Waals surface area contributed by atoms with E-state index >= 15 is 0 Å². The Morgan fingerprint density at radius 1 is 1.17 bits per heavy atom. The molecule has 2 aromatic rings. The Hall–Kier alpha value is -2.25. The molecule has 1 aromatic carbocycles. The number of thioether (sulfide) groups is 1. The third-order valence-corrected chi connectivity index (χ3v) is 3.97. The molecule has 24 heavy (non-hydrogen) atoms. The minimum atomic E-state index is 0.452. The smallest absolute Gasteiger partial charge is 0.189 e. The Labute approximate surface area is 147 Å². The molecule has 0 saturated carbocycles. The van der Waals surface area contributed by atoms with Gasteiger partial charge in [-0.25, -0.2) is 9.97 Å². The van der Waals surface area contributed by atoms with Gasteiger partial charge in [0.25, 0.3) is 0 Å². The molecule has 1 aromatic heterocycles. The zero-order valence-electron chi connectivity index (χ0n) is 14.3. The molecule has 0 fully saturated rings. The minimum absolute atomic E-state index is 0.452. The molecule has 7 heteroatoms. The van der Waals surface area contributed by atoms with Crippen LogP contribution in [0.1, 0.15) is 11.3 Å². The molecule has 0 aliphatic rings. The molecule has 0 atom stereocenters. The van der Waals surface area contributed by atoms with Crippen LogP contribution in [-0.4, -0.2) is 36.4 Å². The number of nitrogens with zero attached hydrogens (tertiary/aromatic N) is 2. The number of nitrogens with two attached hydrogens (primary N) is 1. The molecule has 0 unspecified atom stereocenters. The molecule has 0 aliphatic carbocycles. The lowest BCUT2D eigenvalue weighted by molar-refractivity contribution is 0.824. The van der Waals surface area contributed by atoms with Crippen LogP contribution in [0.5, 0.6) is 0 Å². The number of hydrogen-bond donors (Lipinski definition) is 4. The number of aromatic nitrogens is 2. The first kappa shape index (κ1) is 18.1. The molecule has 128 valence electrons. The zero-order chi connectivity index (χ0) is 17.5. The monoisotopic (exact) mass is 344 g/mol. The summed E-state index contributed by atoms with van der Waals surface area (Å²) in [5, 5.41) is 10.5. The van der Waals surface area contributed by atoms with Crippen LogP contribution in [0.4, 0.5) is 17.2 Å². The van der Waals surface area contributed by atoms with Gasteiger partial charge in [0.2, 0.25) is 0 Å². The van der Waals surface area contributed by atoms with Gasteiger partial charge in [-0.05, 0) is 44.5 Å². The van der Waals surface area contributed by atoms with Crippen molar-refractivity contribution in [2.24, 2.45) is 5.73 Å². The van der Waals surface area contributed by atoms with Crippen LogP contribution in [0.3, 0.4) is 0 Å². The third-order valence-electron chi connectivity index (χ3n) is 3.42. The Morgan fingerprint density at radius 3 is 2.42 bits per heavy atom. The second kappa shape index (κ2) is 8.56. The standard InChI is InChI=1S/C17H24N6S/c1-11(18)15-12(2)21-17(24-4)23-16(15)22-14-7-5-13(6-8-14)20-10-9-19-3/h5-8,19-20H,1,9-10,18H2,2-4H3,(H,21,22,23). The van der Waals surface area contributed by atoms with E-state index in [2.05, 4.69) is 32.5 Å². The van der Waals surface area contributed by atoms with E-state index in [9.17, 15) is 0 Å². The topological polar surface area (TPSA) is 87.9 Å². The number of aryl methyl sites for hydroxylation is 1.